The van der Waals surface area contributed by atoms with E-state index in [9.17, 15) is 9.59 Å². The van der Waals surface area contributed by atoms with Crippen molar-refractivity contribution in [3.8, 4) is 0 Å². The molecular weight excluding hydrogens is 492 g/mol. The molecule has 0 spiro atoms. The maximum absolute atomic E-state index is 13.1. The number of rotatable bonds is 9. The third kappa shape index (κ3) is 6.08. The van der Waals surface area contributed by atoms with E-state index in [0.717, 1.165) is 67.7 Å². The lowest BCUT2D eigenvalue weighted by Crippen LogP contribution is -2.55. The summed E-state index contributed by atoms with van der Waals surface area (Å²) in [5.74, 6) is 1.13. The average Bonchev–Trinajstić information content (AvgIpc) is 3.66. The molecule has 208 valence electrons. The molecule has 2 atom stereocenters. The summed E-state index contributed by atoms with van der Waals surface area (Å²) in [7, 11) is 1.81. The highest BCUT2D eigenvalue weighted by Gasteiger charge is 2.41. The molecule has 0 saturated heterocycles. The minimum Gasteiger partial charge on any atom is -0.461 e. The molecule has 1 aromatic heterocycles. The quantitative estimate of drug-likeness (QED) is 0.437. The second-order valence-corrected chi connectivity index (χ2v) is 10.9. The van der Waals surface area contributed by atoms with Gasteiger partial charge in [-0.1, -0.05) is 44.1 Å². The van der Waals surface area contributed by atoms with Gasteiger partial charge in [0.05, 0.1) is 6.20 Å². The van der Waals surface area contributed by atoms with Gasteiger partial charge in [0.2, 0.25) is 11.9 Å². The Morgan fingerprint density at radius 3 is 2.54 bits per heavy atom. The molecule has 3 aliphatic rings. The van der Waals surface area contributed by atoms with E-state index in [1.54, 1.807) is 11.1 Å². The van der Waals surface area contributed by atoms with Crippen LogP contribution in [0.3, 0.4) is 0 Å². The number of likely N-dealkylation sites (N-methyl/N-ethyl adjacent to an activating group) is 1. The molecule has 9 heteroatoms. The van der Waals surface area contributed by atoms with Crippen LogP contribution in [0.15, 0.2) is 36.5 Å². The number of esters is 1. The summed E-state index contributed by atoms with van der Waals surface area (Å²) >= 11 is 0. The summed E-state index contributed by atoms with van der Waals surface area (Å²) in [4.78, 5) is 38.6. The third-order valence-corrected chi connectivity index (χ3v) is 8.17. The lowest BCUT2D eigenvalue weighted by Gasteiger charge is -2.43. The van der Waals surface area contributed by atoms with Gasteiger partial charge in [0.1, 0.15) is 23.9 Å². The van der Waals surface area contributed by atoms with Gasteiger partial charge in [0.25, 0.3) is 0 Å². The Balaban J connectivity index is 1.23. The first-order valence-corrected chi connectivity index (χ1v) is 14.4. The van der Waals surface area contributed by atoms with E-state index < -0.39 is 6.04 Å². The van der Waals surface area contributed by atoms with Crippen molar-refractivity contribution in [2.45, 2.75) is 95.4 Å². The van der Waals surface area contributed by atoms with E-state index >= 15 is 0 Å². The largest absolute Gasteiger partial charge is 0.461 e. The number of nitrogens with one attached hydrogen (secondary N) is 1. The molecule has 1 unspecified atom stereocenters. The van der Waals surface area contributed by atoms with E-state index in [2.05, 4.69) is 22.1 Å². The van der Waals surface area contributed by atoms with E-state index in [1.165, 1.54) is 12.8 Å². The van der Waals surface area contributed by atoms with Crippen molar-refractivity contribution in [3.05, 3.63) is 42.1 Å². The van der Waals surface area contributed by atoms with Gasteiger partial charge in [-0.05, 0) is 69.1 Å². The second kappa shape index (κ2) is 12.2. The molecule has 0 radical (unpaired) electrons. The predicted molar refractivity (Wildman–Crippen MR) is 154 cm³/mol. The molecule has 2 saturated carbocycles. The SMILES string of the molecule is CC[C@@H]1C(=O)N(C)c2cnc(Nc3ccc(/C=C/CC(N)C(=O)OC4CCCC4)cc3)nc2N1C1CCCC1. The Bertz CT molecular complexity index is 1190. The van der Waals surface area contributed by atoms with Crippen molar-refractivity contribution in [1.29, 1.82) is 0 Å². The lowest BCUT2D eigenvalue weighted by molar-refractivity contribution is -0.150. The van der Waals surface area contributed by atoms with Crippen LogP contribution in [0.1, 0.15) is 76.7 Å². The molecule has 9 nitrogen and oxygen atoms in total. The Labute approximate surface area is 230 Å². The van der Waals surface area contributed by atoms with Gasteiger partial charge >= 0.3 is 5.97 Å². The summed E-state index contributed by atoms with van der Waals surface area (Å²) in [5, 5.41) is 3.32. The van der Waals surface area contributed by atoms with E-state index in [4.69, 9.17) is 15.5 Å². The summed E-state index contributed by atoms with van der Waals surface area (Å²) in [6.07, 6.45) is 15.5. The molecule has 2 aromatic rings. The van der Waals surface area contributed by atoms with E-state index in [0.29, 0.717) is 18.4 Å². The fourth-order valence-electron chi connectivity index (χ4n) is 5.95. The van der Waals surface area contributed by atoms with Gasteiger partial charge < -0.3 is 25.6 Å². The maximum atomic E-state index is 13.1. The smallest absolute Gasteiger partial charge is 0.323 e. The van der Waals surface area contributed by atoms with Gasteiger partial charge in [0, 0.05) is 18.8 Å². The van der Waals surface area contributed by atoms with E-state index in [-0.39, 0.29) is 24.0 Å². The number of hydrogen-bond acceptors (Lipinski definition) is 8. The molecule has 1 amide bonds. The zero-order chi connectivity index (χ0) is 27.4. The van der Waals surface area contributed by atoms with Gasteiger partial charge in [0.15, 0.2) is 5.82 Å². The van der Waals surface area contributed by atoms with Crippen LogP contribution in [0.5, 0.6) is 0 Å². The number of benzene rings is 1. The Morgan fingerprint density at radius 1 is 1.15 bits per heavy atom. The maximum Gasteiger partial charge on any atom is 0.323 e. The fourth-order valence-corrected chi connectivity index (χ4v) is 5.95. The van der Waals surface area contributed by atoms with Crippen molar-refractivity contribution < 1.29 is 14.3 Å². The van der Waals surface area contributed by atoms with Crippen molar-refractivity contribution in [1.82, 2.24) is 9.97 Å². The Morgan fingerprint density at radius 2 is 1.85 bits per heavy atom. The number of aromatic nitrogens is 2. The lowest BCUT2D eigenvalue weighted by atomic mass is 10.0. The second-order valence-electron chi connectivity index (χ2n) is 10.9. The highest BCUT2D eigenvalue weighted by molar-refractivity contribution is 6.04. The van der Waals surface area contributed by atoms with Crippen LogP contribution in [0.2, 0.25) is 0 Å². The fraction of sp³-hybridized carbons (Fsp3) is 0.533. The molecule has 2 fully saturated rings. The summed E-state index contributed by atoms with van der Waals surface area (Å²) in [5.41, 5.74) is 8.65. The Hall–Kier alpha value is -3.46. The molecule has 1 aliphatic heterocycles. The zero-order valence-electron chi connectivity index (χ0n) is 23.0. The standard InChI is InChI=1S/C30H40N6O3/c1-3-25-28(37)35(2)26-19-32-30(34-27(26)36(25)22-10-4-5-11-22)33-21-17-15-20(16-18-21)9-8-14-24(31)29(38)39-23-12-6-7-13-23/h8-9,15-19,22-25H,3-7,10-14,31H2,1-2H3,(H,32,33,34)/b9-8+/t24?,25-/m1/s1. The van der Waals surface area contributed by atoms with Crippen LogP contribution in [0, 0.1) is 0 Å². The summed E-state index contributed by atoms with van der Waals surface area (Å²) in [6.45, 7) is 2.06. The van der Waals surface area contributed by atoms with Crippen LogP contribution in [-0.4, -0.2) is 53.1 Å². The van der Waals surface area contributed by atoms with Gasteiger partial charge in [-0.3, -0.25) is 9.59 Å². The van der Waals surface area contributed by atoms with Crippen molar-refractivity contribution in [2.24, 2.45) is 5.73 Å². The Kier molecular flexibility index (Phi) is 8.45. The van der Waals surface area contributed by atoms with Gasteiger partial charge in [-0.25, -0.2) is 4.98 Å². The number of hydrogen-bond donors (Lipinski definition) is 2. The number of carbonyl (C=O) groups excluding carboxylic acids is 2. The highest BCUT2D eigenvalue weighted by atomic mass is 16.5. The van der Waals surface area contributed by atoms with Crippen LogP contribution < -0.4 is 20.9 Å². The number of anilines is 4. The number of carbonyl (C=O) groups is 2. The van der Waals surface area contributed by atoms with Gasteiger partial charge in [-0.2, -0.15) is 4.98 Å². The van der Waals surface area contributed by atoms with Crippen molar-refractivity contribution in [3.63, 3.8) is 0 Å². The number of amides is 1. The monoisotopic (exact) mass is 532 g/mol. The molecule has 1 aromatic carbocycles. The molecule has 2 aliphatic carbocycles. The first-order chi connectivity index (χ1) is 18.9. The minimum atomic E-state index is -0.644. The summed E-state index contributed by atoms with van der Waals surface area (Å²) < 4.78 is 5.50. The molecule has 0 bridgehead atoms. The van der Waals surface area contributed by atoms with Crippen LogP contribution >= 0.6 is 0 Å². The minimum absolute atomic E-state index is 0.0360. The molecular formula is C30H40N6O3. The molecule has 5 rings (SSSR count). The molecule has 39 heavy (non-hydrogen) atoms. The zero-order valence-corrected chi connectivity index (χ0v) is 23.0. The third-order valence-electron chi connectivity index (χ3n) is 8.17. The molecule has 3 N–H and O–H groups in total. The normalized spacial score (nSPS) is 21.0. The average molecular weight is 533 g/mol. The summed E-state index contributed by atoms with van der Waals surface area (Å²) in [6, 6.07) is 7.41. The van der Waals surface area contributed by atoms with Crippen LogP contribution in [0.25, 0.3) is 6.08 Å². The van der Waals surface area contributed by atoms with E-state index in [1.807, 2.05) is 43.5 Å². The number of fused-ring (bicyclic) bond motifs is 1. The highest BCUT2D eigenvalue weighted by Crippen LogP contribution is 2.40. The van der Waals surface area contributed by atoms with Crippen LogP contribution in [0.4, 0.5) is 23.1 Å². The first kappa shape index (κ1) is 27.1. The first-order valence-electron chi connectivity index (χ1n) is 14.4. The number of nitrogens with two attached hydrogens (primary N) is 1. The van der Waals surface area contributed by atoms with Gasteiger partial charge in [-0.15, -0.1) is 0 Å². The van der Waals surface area contributed by atoms with Crippen molar-refractivity contribution >= 4 is 41.1 Å². The molecule has 2 heterocycles. The number of nitrogens with zero attached hydrogens (tertiary/aromatic N) is 4. The topological polar surface area (TPSA) is 114 Å². The van der Waals surface area contributed by atoms with Crippen LogP contribution in [-0.2, 0) is 14.3 Å². The van der Waals surface area contributed by atoms with Crippen molar-refractivity contribution in [2.75, 3.05) is 22.2 Å². The predicted octanol–water partition coefficient (Wildman–Crippen LogP) is 4.94. The number of ether oxygens (including phenoxy) is 1.